The van der Waals surface area contributed by atoms with Crippen LogP contribution in [0.2, 0.25) is 0 Å². The molecule has 2 aromatic heterocycles. The zero-order valence-corrected chi connectivity index (χ0v) is 17.9. The molecule has 3 aromatic rings. The molecule has 2 N–H and O–H groups in total. The van der Waals surface area contributed by atoms with Crippen molar-refractivity contribution in [2.45, 2.75) is 19.3 Å². The van der Waals surface area contributed by atoms with Gasteiger partial charge in [-0.3, -0.25) is 9.67 Å². The number of nitrogens with one attached hydrogen (secondary N) is 2. The summed E-state index contributed by atoms with van der Waals surface area (Å²) in [5, 5.41) is 12.1. The molecule has 158 valence electrons. The third-order valence-electron chi connectivity index (χ3n) is 5.87. The first kappa shape index (κ1) is 20.1. The third kappa shape index (κ3) is 4.22. The molecule has 1 aromatic carbocycles. The van der Waals surface area contributed by atoms with Gasteiger partial charge in [0, 0.05) is 40.3 Å². The molecule has 0 spiro atoms. The van der Waals surface area contributed by atoms with Gasteiger partial charge in [0.15, 0.2) is 11.6 Å². The van der Waals surface area contributed by atoms with Gasteiger partial charge in [-0.05, 0) is 23.8 Å². The molecule has 8 heteroatoms. The van der Waals surface area contributed by atoms with E-state index in [9.17, 15) is 0 Å². The van der Waals surface area contributed by atoms with Crippen molar-refractivity contribution in [2.24, 2.45) is 18.0 Å². The Bertz CT molecular complexity index is 997. The van der Waals surface area contributed by atoms with Gasteiger partial charge < -0.3 is 15.5 Å². The molecule has 1 saturated heterocycles. The average Bonchev–Trinajstić information content (AvgIpc) is 3.16. The van der Waals surface area contributed by atoms with Crippen molar-refractivity contribution < 1.29 is 0 Å². The summed E-state index contributed by atoms with van der Waals surface area (Å²) in [6.07, 6.45) is 4.50. The number of piperidine rings is 1. The SMILES string of the molecule is CN=C(NCCNc1ncnc2c1cnn2C)N1CCC(c2ccccc2)C(C)C1. The molecule has 2 atom stereocenters. The van der Waals surface area contributed by atoms with Crippen molar-refractivity contribution >= 4 is 22.8 Å². The van der Waals surface area contributed by atoms with Gasteiger partial charge in [-0.15, -0.1) is 0 Å². The summed E-state index contributed by atoms with van der Waals surface area (Å²) in [6, 6.07) is 10.9. The second-order valence-electron chi connectivity index (χ2n) is 7.86. The highest BCUT2D eigenvalue weighted by Gasteiger charge is 2.28. The molecule has 30 heavy (non-hydrogen) atoms. The van der Waals surface area contributed by atoms with Gasteiger partial charge in [-0.25, -0.2) is 9.97 Å². The molecule has 0 amide bonds. The molecular weight excluding hydrogens is 376 g/mol. The van der Waals surface area contributed by atoms with E-state index in [1.165, 1.54) is 5.56 Å². The minimum Gasteiger partial charge on any atom is -0.368 e. The molecule has 0 bridgehead atoms. The van der Waals surface area contributed by atoms with Gasteiger partial charge >= 0.3 is 0 Å². The van der Waals surface area contributed by atoms with Gasteiger partial charge in [-0.2, -0.15) is 5.10 Å². The second kappa shape index (κ2) is 9.11. The van der Waals surface area contributed by atoms with Crippen LogP contribution in [-0.2, 0) is 7.05 Å². The summed E-state index contributed by atoms with van der Waals surface area (Å²) in [7, 11) is 3.74. The number of aromatic nitrogens is 4. The number of fused-ring (bicyclic) bond motifs is 1. The quantitative estimate of drug-likeness (QED) is 0.385. The number of likely N-dealkylation sites (tertiary alicyclic amines) is 1. The van der Waals surface area contributed by atoms with Crippen molar-refractivity contribution in [1.29, 1.82) is 0 Å². The molecule has 0 saturated carbocycles. The Morgan fingerprint density at radius 1 is 1.20 bits per heavy atom. The predicted molar refractivity (Wildman–Crippen MR) is 121 cm³/mol. The van der Waals surface area contributed by atoms with E-state index in [1.807, 2.05) is 14.1 Å². The van der Waals surface area contributed by atoms with Crippen molar-refractivity contribution in [1.82, 2.24) is 30.0 Å². The van der Waals surface area contributed by atoms with E-state index in [0.717, 1.165) is 55.4 Å². The summed E-state index contributed by atoms with van der Waals surface area (Å²) < 4.78 is 1.75. The molecule has 4 rings (SSSR count). The van der Waals surface area contributed by atoms with E-state index in [0.29, 0.717) is 11.8 Å². The average molecular weight is 407 g/mol. The number of hydrogen-bond donors (Lipinski definition) is 2. The lowest BCUT2D eigenvalue weighted by Gasteiger charge is -2.39. The van der Waals surface area contributed by atoms with E-state index in [-0.39, 0.29) is 0 Å². The first-order chi connectivity index (χ1) is 14.7. The number of hydrogen-bond acceptors (Lipinski definition) is 5. The van der Waals surface area contributed by atoms with Crippen LogP contribution in [0.5, 0.6) is 0 Å². The fourth-order valence-corrected chi connectivity index (χ4v) is 4.32. The zero-order valence-electron chi connectivity index (χ0n) is 17.9. The van der Waals surface area contributed by atoms with Crippen LogP contribution in [0.15, 0.2) is 47.8 Å². The predicted octanol–water partition coefficient (Wildman–Crippen LogP) is 2.48. The third-order valence-corrected chi connectivity index (χ3v) is 5.87. The number of nitrogens with zero attached hydrogens (tertiary/aromatic N) is 6. The molecule has 0 radical (unpaired) electrons. The van der Waals surface area contributed by atoms with E-state index < -0.39 is 0 Å². The smallest absolute Gasteiger partial charge is 0.193 e. The van der Waals surface area contributed by atoms with E-state index in [4.69, 9.17) is 0 Å². The Kier molecular flexibility index (Phi) is 6.11. The van der Waals surface area contributed by atoms with Gasteiger partial charge in [0.1, 0.15) is 12.1 Å². The summed E-state index contributed by atoms with van der Waals surface area (Å²) in [5.41, 5.74) is 2.27. The lowest BCUT2D eigenvalue weighted by atomic mass is 9.82. The van der Waals surface area contributed by atoms with Gasteiger partial charge in [0.05, 0.1) is 11.6 Å². The maximum Gasteiger partial charge on any atom is 0.193 e. The van der Waals surface area contributed by atoms with Crippen LogP contribution in [0.1, 0.15) is 24.8 Å². The minimum atomic E-state index is 0.581. The largest absolute Gasteiger partial charge is 0.368 e. The summed E-state index contributed by atoms with van der Waals surface area (Å²) in [5.74, 6) is 2.96. The number of aryl methyl sites for hydroxylation is 1. The highest BCUT2D eigenvalue weighted by Crippen LogP contribution is 2.32. The van der Waals surface area contributed by atoms with Crippen molar-refractivity contribution in [3.63, 3.8) is 0 Å². The maximum absolute atomic E-state index is 4.51. The Morgan fingerprint density at radius 2 is 2.03 bits per heavy atom. The van der Waals surface area contributed by atoms with Crippen LogP contribution in [0.25, 0.3) is 11.0 Å². The highest BCUT2D eigenvalue weighted by atomic mass is 15.3. The molecule has 1 aliphatic rings. The van der Waals surface area contributed by atoms with E-state index >= 15 is 0 Å². The lowest BCUT2D eigenvalue weighted by Crippen LogP contribution is -2.48. The zero-order chi connectivity index (χ0) is 20.9. The molecule has 8 nitrogen and oxygen atoms in total. The van der Waals surface area contributed by atoms with Crippen LogP contribution >= 0.6 is 0 Å². The van der Waals surface area contributed by atoms with Crippen LogP contribution in [-0.4, -0.2) is 63.8 Å². The Morgan fingerprint density at radius 3 is 2.80 bits per heavy atom. The number of rotatable bonds is 5. The van der Waals surface area contributed by atoms with E-state index in [2.05, 4.69) is 72.8 Å². The minimum absolute atomic E-state index is 0.581. The molecule has 2 unspecified atom stereocenters. The summed E-state index contributed by atoms with van der Waals surface area (Å²) in [6.45, 7) is 5.85. The molecular formula is C22H30N8. The molecule has 1 aliphatic heterocycles. The van der Waals surface area contributed by atoms with Crippen LogP contribution < -0.4 is 10.6 Å². The number of aliphatic imine (C=N–C) groups is 1. The first-order valence-electron chi connectivity index (χ1n) is 10.5. The maximum atomic E-state index is 4.51. The first-order valence-corrected chi connectivity index (χ1v) is 10.5. The van der Waals surface area contributed by atoms with Crippen LogP contribution in [0.3, 0.4) is 0 Å². The van der Waals surface area contributed by atoms with Crippen molar-refractivity contribution in [3.05, 3.63) is 48.4 Å². The highest BCUT2D eigenvalue weighted by molar-refractivity contribution is 5.86. The topological polar surface area (TPSA) is 83.3 Å². The summed E-state index contributed by atoms with van der Waals surface area (Å²) >= 11 is 0. The van der Waals surface area contributed by atoms with Gasteiger partial charge in [0.2, 0.25) is 0 Å². The fraction of sp³-hybridized carbons (Fsp3) is 0.455. The molecule has 1 fully saturated rings. The lowest BCUT2D eigenvalue weighted by molar-refractivity contribution is 0.235. The normalized spacial score (nSPS) is 19.8. The monoisotopic (exact) mass is 406 g/mol. The van der Waals surface area contributed by atoms with Crippen LogP contribution in [0, 0.1) is 5.92 Å². The Hall–Kier alpha value is -3.16. The van der Waals surface area contributed by atoms with Crippen molar-refractivity contribution in [2.75, 3.05) is 38.5 Å². The molecule has 0 aliphatic carbocycles. The number of benzene rings is 1. The fourth-order valence-electron chi connectivity index (χ4n) is 4.32. The number of anilines is 1. The van der Waals surface area contributed by atoms with Gasteiger partial charge in [-0.1, -0.05) is 37.3 Å². The Labute approximate surface area is 177 Å². The number of guanidine groups is 1. The molecule has 3 heterocycles. The second-order valence-corrected chi connectivity index (χ2v) is 7.86. The van der Waals surface area contributed by atoms with Crippen LogP contribution in [0.4, 0.5) is 5.82 Å². The van der Waals surface area contributed by atoms with Gasteiger partial charge in [0.25, 0.3) is 0 Å². The van der Waals surface area contributed by atoms with E-state index in [1.54, 1.807) is 17.2 Å². The summed E-state index contributed by atoms with van der Waals surface area (Å²) in [4.78, 5) is 15.5. The van der Waals surface area contributed by atoms with Crippen molar-refractivity contribution in [3.8, 4) is 0 Å². The standard InChI is InChI=1S/C22H30N8/c1-16-14-30(12-9-18(16)17-7-5-4-6-8-17)22(23-2)25-11-10-24-20-19-13-28-29(3)21(19)27-15-26-20/h4-8,13,15-16,18H,9-12,14H2,1-3H3,(H,23,25)(H,24,26,27). The Balaban J connectivity index is 1.29.